The van der Waals surface area contributed by atoms with E-state index in [2.05, 4.69) is 29.7 Å². The molecule has 8 heteroatoms. The Morgan fingerprint density at radius 2 is 1.62 bits per heavy atom. The molecule has 1 aromatic rings. The lowest BCUT2D eigenvalue weighted by Gasteiger charge is -2.20. The van der Waals surface area contributed by atoms with E-state index in [0.29, 0.717) is 12.2 Å². The van der Waals surface area contributed by atoms with E-state index in [1.165, 1.54) is 56.7 Å². The van der Waals surface area contributed by atoms with Gasteiger partial charge < -0.3 is 20.8 Å². The summed E-state index contributed by atoms with van der Waals surface area (Å²) >= 11 is 1.57. The number of anilines is 1. The van der Waals surface area contributed by atoms with Crippen LogP contribution in [0.3, 0.4) is 0 Å². The molecule has 0 fully saturated rings. The Morgan fingerprint density at radius 1 is 0.973 bits per heavy atom. The molecule has 1 unspecified atom stereocenters. The first-order valence-corrected chi connectivity index (χ1v) is 14.8. The minimum Gasteiger partial charge on any atom is -0.507 e. The van der Waals surface area contributed by atoms with Crippen molar-refractivity contribution in [2.75, 3.05) is 16.8 Å². The van der Waals surface area contributed by atoms with Gasteiger partial charge in [0.1, 0.15) is 17.4 Å². The number of hydrogen-bond donors (Lipinski definition) is 4. The van der Waals surface area contributed by atoms with Gasteiger partial charge in [0.05, 0.1) is 5.75 Å². The molecule has 0 saturated carbocycles. The number of carbonyl (C=O) groups excluding carboxylic acids is 2. The van der Waals surface area contributed by atoms with Crippen LogP contribution in [-0.2, 0) is 9.59 Å². The fraction of sp³-hybridized carbons (Fsp3) is 0.621. The molecule has 1 aromatic carbocycles. The molecule has 2 amide bonds. The van der Waals surface area contributed by atoms with Crippen molar-refractivity contribution in [3.05, 3.63) is 35.9 Å². The molecule has 0 bridgehead atoms. The molecule has 208 valence electrons. The zero-order chi connectivity index (χ0) is 27.5. The number of phenols is 1. The molecule has 0 aliphatic rings. The molecule has 0 saturated heterocycles. The summed E-state index contributed by atoms with van der Waals surface area (Å²) in [5.41, 5.74) is -0.0492. The highest BCUT2D eigenvalue weighted by Gasteiger charge is 2.22. The van der Waals surface area contributed by atoms with Gasteiger partial charge in [0, 0.05) is 5.69 Å². The molecule has 0 aliphatic heterocycles. The first-order valence-electron chi connectivity index (χ1n) is 13.6. The van der Waals surface area contributed by atoms with E-state index in [0.717, 1.165) is 31.4 Å². The molecule has 7 nitrogen and oxygen atoms in total. The van der Waals surface area contributed by atoms with Crippen LogP contribution in [0.1, 0.15) is 102 Å². The third-order valence-corrected chi connectivity index (χ3v) is 6.93. The highest BCUT2D eigenvalue weighted by Crippen LogP contribution is 2.22. The largest absolute Gasteiger partial charge is 0.507 e. The van der Waals surface area contributed by atoms with Crippen LogP contribution < -0.4 is 10.6 Å². The molecule has 0 aromatic heterocycles. The van der Waals surface area contributed by atoms with Crippen molar-refractivity contribution in [1.82, 2.24) is 5.32 Å². The topological polar surface area (TPSA) is 116 Å². The predicted octanol–water partition coefficient (Wildman–Crippen LogP) is 6.77. The number of amides is 2. The van der Waals surface area contributed by atoms with Crippen LogP contribution >= 0.6 is 11.8 Å². The number of hydrogen-bond acceptors (Lipinski definition) is 5. The first-order chi connectivity index (χ1) is 17.7. The predicted molar refractivity (Wildman–Crippen MR) is 153 cm³/mol. The summed E-state index contributed by atoms with van der Waals surface area (Å²) in [6.07, 6.45) is 17.3. The number of aromatic carboxylic acids is 1. The van der Waals surface area contributed by atoms with Gasteiger partial charge in [0.2, 0.25) is 11.8 Å². The summed E-state index contributed by atoms with van der Waals surface area (Å²) in [5.74, 6) is -0.897. The third-order valence-electron chi connectivity index (χ3n) is 5.89. The number of aromatic hydroxyl groups is 1. The van der Waals surface area contributed by atoms with Crippen LogP contribution in [0.2, 0.25) is 0 Å². The fourth-order valence-electron chi connectivity index (χ4n) is 3.86. The molecule has 1 atom stereocenters. The van der Waals surface area contributed by atoms with Gasteiger partial charge in [-0.2, -0.15) is 11.8 Å². The van der Waals surface area contributed by atoms with Crippen LogP contribution in [0.5, 0.6) is 5.75 Å². The molecule has 1 rings (SSSR count). The number of thioether (sulfide) groups is 1. The second-order valence-corrected chi connectivity index (χ2v) is 11.0. The van der Waals surface area contributed by atoms with Gasteiger partial charge in [-0.1, -0.05) is 65.0 Å². The van der Waals surface area contributed by atoms with Crippen LogP contribution in [0.25, 0.3) is 0 Å². The molecule has 0 spiro atoms. The second kappa shape index (κ2) is 19.6. The van der Waals surface area contributed by atoms with Crippen molar-refractivity contribution in [3.63, 3.8) is 0 Å². The Balaban J connectivity index is 2.31. The maximum absolute atomic E-state index is 12.8. The van der Waals surface area contributed by atoms with E-state index in [1.807, 2.05) is 13.8 Å². The van der Waals surface area contributed by atoms with Gasteiger partial charge in [0.25, 0.3) is 0 Å². The summed E-state index contributed by atoms with van der Waals surface area (Å²) in [4.78, 5) is 36.5. The average Bonchev–Trinajstić information content (AvgIpc) is 2.84. The zero-order valence-electron chi connectivity index (χ0n) is 22.8. The number of carboxylic acid groups (broad SMARTS) is 1. The first kappa shape index (κ1) is 32.5. The maximum atomic E-state index is 12.8. The van der Waals surface area contributed by atoms with Crippen molar-refractivity contribution >= 4 is 35.2 Å². The Kier molecular flexibility index (Phi) is 17.2. The maximum Gasteiger partial charge on any atom is 0.339 e. The van der Waals surface area contributed by atoms with Crippen LogP contribution in [0.15, 0.2) is 30.4 Å². The van der Waals surface area contributed by atoms with Crippen LogP contribution in [-0.4, -0.2) is 45.5 Å². The minimum absolute atomic E-state index is 0.174. The van der Waals surface area contributed by atoms with E-state index < -0.39 is 17.9 Å². The lowest BCUT2D eigenvalue weighted by Crippen LogP contribution is -2.45. The SMILES string of the molecule is CCCCCCCC=CCCCCCSCC(=O)NC(CC(C)C)C(=O)Nc1ccc(O)c(C(=O)O)c1. The molecular weight excluding hydrogens is 488 g/mol. The van der Waals surface area contributed by atoms with Gasteiger partial charge >= 0.3 is 5.97 Å². The Labute approximate surface area is 226 Å². The van der Waals surface area contributed by atoms with Crippen molar-refractivity contribution in [2.45, 2.75) is 97.4 Å². The van der Waals surface area contributed by atoms with E-state index >= 15 is 0 Å². The van der Waals surface area contributed by atoms with Gasteiger partial charge in [-0.05, 0) is 68.4 Å². The Hall–Kier alpha value is -2.48. The van der Waals surface area contributed by atoms with E-state index in [1.54, 1.807) is 11.8 Å². The highest BCUT2D eigenvalue weighted by molar-refractivity contribution is 7.99. The number of benzene rings is 1. The molecule has 37 heavy (non-hydrogen) atoms. The summed E-state index contributed by atoms with van der Waals surface area (Å²) in [6, 6.07) is 3.12. The van der Waals surface area contributed by atoms with Crippen molar-refractivity contribution in [1.29, 1.82) is 0 Å². The molecule has 0 radical (unpaired) electrons. The van der Waals surface area contributed by atoms with Crippen molar-refractivity contribution in [2.24, 2.45) is 5.92 Å². The van der Waals surface area contributed by atoms with Crippen LogP contribution in [0, 0.1) is 5.92 Å². The Bertz CT molecular complexity index is 857. The average molecular weight is 535 g/mol. The molecule has 0 heterocycles. The number of carboxylic acids is 1. The number of rotatable bonds is 20. The van der Waals surface area contributed by atoms with E-state index in [-0.39, 0.29) is 28.8 Å². The molecule has 4 N–H and O–H groups in total. The second-order valence-electron chi connectivity index (χ2n) is 9.85. The molecule has 0 aliphatic carbocycles. The van der Waals surface area contributed by atoms with E-state index in [4.69, 9.17) is 5.11 Å². The van der Waals surface area contributed by atoms with Gasteiger partial charge in [-0.15, -0.1) is 0 Å². The smallest absolute Gasteiger partial charge is 0.339 e. The standard InChI is InChI=1S/C29H46N2O5S/c1-4-5-6-7-8-9-10-11-12-13-14-15-18-37-21-27(33)31-25(19-22(2)3)28(34)30-23-16-17-26(32)24(20-23)29(35)36/h10-11,16-17,20,22,25,32H,4-9,12-15,18-19,21H2,1-3H3,(H,30,34)(H,31,33)(H,35,36). The summed E-state index contributed by atoms with van der Waals surface area (Å²) in [5, 5.41) is 24.3. The monoisotopic (exact) mass is 534 g/mol. The normalized spacial score (nSPS) is 12.1. The number of nitrogens with one attached hydrogen (secondary N) is 2. The zero-order valence-corrected chi connectivity index (χ0v) is 23.6. The number of unbranched alkanes of at least 4 members (excludes halogenated alkanes) is 8. The highest BCUT2D eigenvalue weighted by atomic mass is 32.2. The summed E-state index contributed by atoms with van der Waals surface area (Å²) in [7, 11) is 0. The van der Waals surface area contributed by atoms with Crippen LogP contribution in [0.4, 0.5) is 5.69 Å². The van der Waals surface area contributed by atoms with Gasteiger partial charge in [-0.25, -0.2) is 4.79 Å². The summed E-state index contributed by atoms with van der Waals surface area (Å²) < 4.78 is 0. The van der Waals surface area contributed by atoms with Gasteiger partial charge in [0.15, 0.2) is 0 Å². The molecular formula is C29H46N2O5S. The summed E-state index contributed by atoms with van der Waals surface area (Å²) in [6.45, 7) is 6.17. The lowest BCUT2D eigenvalue weighted by molar-refractivity contribution is -0.125. The number of allylic oxidation sites excluding steroid dienone is 2. The van der Waals surface area contributed by atoms with Gasteiger partial charge in [-0.3, -0.25) is 9.59 Å². The minimum atomic E-state index is -1.29. The van der Waals surface area contributed by atoms with E-state index in [9.17, 15) is 19.5 Å². The van der Waals surface area contributed by atoms with Crippen molar-refractivity contribution < 1.29 is 24.6 Å². The Morgan fingerprint density at radius 3 is 2.24 bits per heavy atom. The lowest BCUT2D eigenvalue weighted by atomic mass is 10.0. The third kappa shape index (κ3) is 15.4. The van der Waals surface area contributed by atoms with Crippen molar-refractivity contribution in [3.8, 4) is 5.75 Å². The number of carbonyl (C=O) groups is 3. The quantitative estimate of drug-likeness (QED) is 0.0833. The fourth-order valence-corrected chi connectivity index (χ4v) is 4.68.